The van der Waals surface area contributed by atoms with Crippen molar-refractivity contribution in [3.8, 4) is 0 Å². The van der Waals surface area contributed by atoms with Gasteiger partial charge in [-0.05, 0) is 25.7 Å². The Bertz CT molecular complexity index is 707. The van der Waals surface area contributed by atoms with Gasteiger partial charge in [-0.1, -0.05) is 13.3 Å². The number of aromatic nitrogens is 3. The number of anilines is 1. The summed E-state index contributed by atoms with van der Waals surface area (Å²) in [6.45, 7) is 4.06. The molecule has 6 heteroatoms. The molecule has 6 nitrogen and oxygen atoms in total. The van der Waals surface area contributed by atoms with E-state index in [0.29, 0.717) is 23.3 Å². The largest absolute Gasteiger partial charge is 0.478 e. The summed E-state index contributed by atoms with van der Waals surface area (Å²) in [5.41, 5.74) is 2.41. The second-order valence-electron chi connectivity index (χ2n) is 5.79. The Kier molecular flexibility index (Phi) is 3.31. The van der Waals surface area contributed by atoms with Gasteiger partial charge < -0.3 is 10.4 Å². The van der Waals surface area contributed by atoms with Crippen LogP contribution in [0.2, 0.25) is 0 Å². The summed E-state index contributed by atoms with van der Waals surface area (Å²) in [5.74, 6) is -0.306. The normalized spacial score (nSPS) is 20.7. The van der Waals surface area contributed by atoms with E-state index >= 15 is 0 Å². The molecule has 0 saturated heterocycles. The van der Waals surface area contributed by atoms with Gasteiger partial charge in [-0.25, -0.2) is 9.78 Å². The van der Waals surface area contributed by atoms with Crippen LogP contribution in [0.5, 0.6) is 0 Å². The van der Waals surface area contributed by atoms with Crippen molar-refractivity contribution in [2.24, 2.45) is 13.0 Å². The van der Waals surface area contributed by atoms with Crippen molar-refractivity contribution in [3.05, 3.63) is 17.5 Å². The minimum atomic E-state index is -0.956. The van der Waals surface area contributed by atoms with E-state index in [2.05, 4.69) is 22.3 Å². The quantitative estimate of drug-likeness (QED) is 0.884. The lowest BCUT2D eigenvalue weighted by atomic mass is 10.1. The van der Waals surface area contributed by atoms with E-state index in [1.165, 1.54) is 12.6 Å². The molecule has 2 N–H and O–H groups in total. The number of pyridine rings is 1. The molecule has 1 aliphatic rings. The fourth-order valence-corrected chi connectivity index (χ4v) is 3.02. The number of carboxylic acids is 1. The number of carbonyl (C=O) groups is 1. The van der Waals surface area contributed by atoms with Crippen molar-refractivity contribution in [1.82, 2.24) is 14.8 Å². The lowest BCUT2D eigenvalue weighted by molar-refractivity contribution is 0.0697. The van der Waals surface area contributed by atoms with Crippen LogP contribution in [0.25, 0.3) is 11.0 Å². The number of hydrogen-bond donors (Lipinski definition) is 2. The molecule has 1 saturated carbocycles. The van der Waals surface area contributed by atoms with E-state index in [1.54, 1.807) is 4.68 Å². The number of fused-ring (bicyclic) bond motifs is 1. The Morgan fingerprint density at radius 1 is 1.57 bits per heavy atom. The minimum Gasteiger partial charge on any atom is -0.478 e. The van der Waals surface area contributed by atoms with Crippen molar-refractivity contribution in [3.63, 3.8) is 0 Å². The molecule has 1 fully saturated rings. The van der Waals surface area contributed by atoms with Gasteiger partial charge in [0.25, 0.3) is 0 Å². The third-order valence-corrected chi connectivity index (χ3v) is 4.17. The molecule has 0 amide bonds. The van der Waals surface area contributed by atoms with Crippen molar-refractivity contribution < 1.29 is 9.90 Å². The lowest BCUT2D eigenvalue weighted by Crippen LogP contribution is -2.11. The van der Waals surface area contributed by atoms with Crippen molar-refractivity contribution in [2.75, 3.05) is 5.32 Å². The highest BCUT2D eigenvalue weighted by atomic mass is 16.4. The second-order valence-corrected chi connectivity index (χ2v) is 5.79. The number of aromatic carboxylic acids is 1. The van der Waals surface area contributed by atoms with E-state index in [4.69, 9.17) is 0 Å². The highest BCUT2D eigenvalue weighted by Crippen LogP contribution is 2.40. The highest BCUT2D eigenvalue weighted by Gasteiger charge is 2.37. The standard InChI is InChI=1S/C15H20N4O2/c1-4-5-9-6-11(9)17-13-10(15(20)21)7-16-14-12(13)8(2)18-19(14)3/h7,9,11H,4-6H2,1-3H3,(H,16,17)(H,20,21). The van der Waals surface area contributed by atoms with Gasteiger partial charge in [0, 0.05) is 19.3 Å². The Morgan fingerprint density at radius 2 is 2.33 bits per heavy atom. The summed E-state index contributed by atoms with van der Waals surface area (Å²) in [6, 6.07) is 0.369. The van der Waals surface area contributed by atoms with Crippen LogP contribution in [0.3, 0.4) is 0 Å². The van der Waals surface area contributed by atoms with Gasteiger partial charge in [0.05, 0.1) is 16.8 Å². The first-order valence-corrected chi connectivity index (χ1v) is 7.35. The smallest absolute Gasteiger partial charge is 0.339 e. The highest BCUT2D eigenvalue weighted by molar-refractivity contribution is 6.04. The molecule has 0 aliphatic heterocycles. The molecule has 2 unspecified atom stereocenters. The number of nitrogens with zero attached hydrogens (tertiary/aromatic N) is 3. The first-order valence-electron chi connectivity index (χ1n) is 7.35. The number of nitrogens with one attached hydrogen (secondary N) is 1. The SMILES string of the molecule is CCCC1CC1Nc1c(C(=O)O)cnc2c1c(C)nn2C. The topological polar surface area (TPSA) is 80.0 Å². The van der Waals surface area contributed by atoms with Crippen molar-refractivity contribution in [2.45, 2.75) is 39.2 Å². The molecule has 0 aromatic carbocycles. The van der Waals surface area contributed by atoms with E-state index in [1.807, 2.05) is 14.0 Å². The Hall–Kier alpha value is -2.11. The maximum atomic E-state index is 11.5. The molecule has 112 valence electrons. The van der Waals surface area contributed by atoms with Gasteiger partial charge in [0.15, 0.2) is 5.65 Å². The van der Waals surface area contributed by atoms with Crippen LogP contribution in [0.4, 0.5) is 5.69 Å². The third-order valence-electron chi connectivity index (χ3n) is 4.17. The summed E-state index contributed by atoms with van der Waals surface area (Å²) >= 11 is 0. The molecule has 2 aromatic heterocycles. The maximum absolute atomic E-state index is 11.5. The van der Waals surface area contributed by atoms with Crippen LogP contribution in [0, 0.1) is 12.8 Å². The summed E-state index contributed by atoms with van der Waals surface area (Å²) in [4.78, 5) is 15.7. The molecule has 0 radical (unpaired) electrons. The fraction of sp³-hybridized carbons (Fsp3) is 0.533. The Labute approximate surface area is 123 Å². The number of hydrogen-bond acceptors (Lipinski definition) is 4. The molecule has 3 rings (SSSR count). The molecule has 0 bridgehead atoms. The second kappa shape index (κ2) is 5.02. The zero-order valence-corrected chi connectivity index (χ0v) is 12.6. The zero-order chi connectivity index (χ0) is 15.1. The molecule has 2 atom stereocenters. The van der Waals surface area contributed by atoms with Gasteiger partial charge in [-0.3, -0.25) is 4.68 Å². The number of rotatable bonds is 5. The van der Waals surface area contributed by atoms with Crippen molar-refractivity contribution in [1.29, 1.82) is 0 Å². The first kappa shape index (κ1) is 13.9. The lowest BCUT2D eigenvalue weighted by Gasteiger charge is -2.11. The third kappa shape index (κ3) is 2.34. The fourth-order valence-electron chi connectivity index (χ4n) is 3.02. The van der Waals surface area contributed by atoms with Crippen LogP contribution < -0.4 is 5.32 Å². The number of carboxylic acid groups (broad SMARTS) is 1. The Morgan fingerprint density at radius 3 is 3.00 bits per heavy atom. The summed E-state index contributed by atoms with van der Waals surface area (Å²) in [7, 11) is 1.82. The van der Waals surface area contributed by atoms with Crippen molar-refractivity contribution >= 4 is 22.7 Å². The first-order chi connectivity index (χ1) is 10.0. The maximum Gasteiger partial charge on any atom is 0.339 e. The molecular formula is C15H20N4O2. The molecule has 0 spiro atoms. The molecule has 2 heterocycles. The van der Waals surface area contributed by atoms with Gasteiger partial charge in [-0.15, -0.1) is 0 Å². The van der Waals surface area contributed by atoms with Gasteiger partial charge in [0.2, 0.25) is 0 Å². The summed E-state index contributed by atoms with van der Waals surface area (Å²) in [5, 5.41) is 18.0. The van der Waals surface area contributed by atoms with E-state index in [-0.39, 0.29) is 5.56 Å². The summed E-state index contributed by atoms with van der Waals surface area (Å²) in [6.07, 6.45) is 4.87. The van der Waals surface area contributed by atoms with Crippen LogP contribution in [-0.4, -0.2) is 31.9 Å². The van der Waals surface area contributed by atoms with Crippen LogP contribution in [0.1, 0.15) is 42.2 Å². The van der Waals surface area contributed by atoms with Gasteiger partial charge >= 0.3 is 5.97 Å². The average Bonchev–Trinajstić information content (AvgIpc) is 3.08. The van der Waals surface area contributed by atoms with E-state index < -0.39 is 5.97 Å². The van der Waals surface area contributed by atoms with Gasteiger partial charge in [-0.2, -0.15) is 5.10 Å². The van der Waals surface area contributed by atoms with Crippen LogP contribution in [-0.2, 0) is 7.05 Å². The molecule has 21 heavy (non-hydrogen) atoms. The predicted octanol–water partition coefficient (Wildman–Crippen LogP) is 2.58. The van der Waals surface area contributed by atoms with E-state index in [9.17, 15) is 9.90 Å². The monoisotopic (exact) mass is 288 g/mol. The number of aryl methyl sites for hydroxylation is 2. The molecular weight excluding hydrogens is 268 g/mol. The van der Waals surface area contributed by atoms with Gasteiger partial charge in [0.1, 0.15) is 5.56 Å². The zero-order valence-electron chi connectivity index (χ0n) is 12.6. The molecule has 1 aliphatic carbocycles. The summed E-state index contributed by atoms with van der Waals surface area (Å²) < 4.78 is 1.69. The molecule has 2 aromatic rings. The predicted molar refractivity (Wildman–Crippen MR) is 80.6 cm³/mol. The van der Waals surface area contributed by atoms with Crippen LogP contribution >= 0.6 is 0 Å². The van der Waals surface area contributed by atoms with E-state index in [0.717, 1.165) is 23.9 Å². The van der Waals surface area contributed by atoms with Crippen LogP contribution in [0.15, 0.2) is 6.20 Å². The Balaban J connectivity index is 2.05. The minimum absolute atomic E-state index is 0.223. The average molecular weight is 288 g/mol.